The molecule has 35 heavy (non-hydrogen) atoms. The van der Waals surface area contributed by atoms with Crippen molar-refractivity contribution < 1.29 is 23.9 Å². The fraction of sp³-hybridized carbons (Fsp3) is 0.241. The third kappa shape index (κ3) is 4.84. The van der Waals surface area contributed by atoms with Crippen LogP contribution in [0.2, 0.25) is 0 Å². The molecule has 180 valence electrons. The van der Waals surface area contributed by atoms with Crippen LogP contribution >= 0.6 is 0 Å². The minimum atomic E-state index is -1.67. The fourth-order valence-electron chi connectivity index (χ4n) is 4.55. The summed E-state index contributed by atoms with van der Waals surface area (Å²) in [5.74, 6) is -1.34. The Hall–Kier alpha value is -3.90. The van der Waals surface area contributed by atoms with E-state index in [1.807, 2.05) is 104 Å². The first kappa shape index (κ1) is 24.2. The highest BCUT2D eigenvalue weighted by atomic mass is 16.7. The molecule has 6 heteroatoms. The largest absolute Gasteiger partial charge is 0.468 e. The average molecular weight is 472 g/mol. The van der Waals surface area contributed by atoms with E-state index in [0.717, 1.165) is 16.7 Å². The number of ether oxygens (including phenoxy) is 2. The molecule has 1 saturated heterocycles. The Bertz CT molecular complexity index is 1160. The van der Waals surface area contributed by atoms with Gasteiger partial charge in [-0.2, -0.15) is 0 Å². The van der Waals surface area contributed by atoms with Crippen molar-refractivity contribution in [2.24, 2.45) is 5.41 Å². The van der Waals surface area contributed by atoms with Gasteiger partial charge >= 0.3 is 11.9 Å². The minimum Gasteiger partial charge on any atom is -0.468 e. The maximum atomic E-state index is 13.5. The lowest BCUT2D eigenvalue weighted by Crippen LogP contribution is -2.58. The summed E-state index contributed by atoms with van der Waals surface area (Å²) in [6.45, 7) is 1.99. The number of esters is 2. The van der Waals surface area contributed by atoms with Crippen molar-refractivity contribution in [1.29, 1.82) is 0 Å². The summed E-state index contributed by atoms with van der Waals surface area (Å²) in [7, 11) is 2.57. The summed E-state index contributed by atoms with van der Waals surface area (Å²) in [6.07, 6.45) is 3.23. The molecule has 6 nitrogen and oxygen atoms in total. The third-order valence-corrected chi connectivity index (χ3v) is 6.28. The van der Waals surface area contributed by atoms with Crippen LogP contribution in [0.3, 0.4) is 0 Å². The fourth-order valence-corrected chi connectivity index (χ4v) is 4.55. The van der Waals surface area contributed by atoms with Gasteiger partial charge in [-0.25, -0.2) is 5.06 Å². The molecule has 0 bridgehead atoms. The number of carbonyl (C=O) groups excluding carboxylic acids is 2. The number of carbonyl (C=O) groups is 2. The Labute approximate surface area is 205 Å². The molecule has 1 aliphatic heterocycles. The highest BCUT2D eigenvalue weighted by molar-refractivity contribution is 6.02. The van der Waals surface area contributed by atoms with Gasteiger partial charge in [-0.05, 0) is 30.2 Å². The van der Waals surface area contributed by atoms with E-state index < -0.39 is 29.5 Å². The van der Waals surface area contributed by atoms with Crippen molar-refractivity contribution in [3.63, 3.8) is 0 Å². The van der Waals surface area contributed by atoms with E-state index in [1.165, 1.54) is 14.2 Å². The Morgan fingerprint density at radius 3 is 2.03 bits per heavy atom. The maximum Gasteiger partial charge on any atom is 0.325 e. The minimum absolute atomic E-state index is 0.0532. The summed E-state index contributed by atoms with van der Waals surface area (Å²) in [4.78, 5) is 33.5. The molecule has 1 aliphatic rings. The number of anilines is 1. The second kappa shape index (κ2) is 10.6. The van der Waals surface area contributed by atoms with E-state index in [4.69, 9.17) is 14.3 Å². The Morgan fingerprint density at radius 2 is 1.46 bits per heavy atom. The molecule has 0 radical (unpaired) electrons. The van der Waals surface area contributed by atoms with E-state index in [-0.39, 0.29) is 6.42 Å². The van der Waals surface area contributed by atoms with Gasteiger partial charge in [0.2, 0.25) is 0 Å². The smallest absolute Gasteiger partial charge is 0.325 e. The zero-order chi connectivity index (χ0) is 24.8. The van der Waals surface area contributed by atoms with Crippen LogP contribution in [-0.4, -0.2) is 32.3 Å². The number of nitrogens with zero attached hydrogens (tertiary/aromatic N) is 1. The summed E-state index contributed by atoms with van der Waals surface area (Å²) in [5, 5.41) is 1.64. The quantitative estimate of drug-likeness (QED) is 0.359. The van der Waals surface area contributed by atoms with Crippen molar-refractivity contribution in [1.82, 2.24) is 0 Å². The number of hydroxylamine groups is 1. The van der Waals surface area contributed by atoms with Crippen LogP contribution < -0.4 is 5.06 Å². The number of methoxy groups -OCH3 is 2. The summed E-state index contributed by atoms with van der Waals surface area (Å²) in [6, 6.07) is 26.1. The van der Waals surface area contributed by atoms with Gasteiger partial charge in [0.15, 0.2) is 5.41 Å². The molecule has 3 aromatic rings. The second-order valence-electron chi connectivity index (χ2n) is 8.55. The summed E-state index contributed by atoms with van der Waals surface area (Å²) >= 11 is 0. The average Bonchev–Trinajstić information content (AvgIpc) is 2.91. The predicted octanol–water partition coefficient (Wildman–Crippen LogP) is 5.29. The zero-order valence-corrected chi connectivity index (χ0v) is 20.1. The predicted molar refractivity (Wildman–Crippen MR) is 134 cm³/mol. The molecule has 0 saturated carbocycles. The lowest BCUT2D eigenvalue weighted by atomic mass is 9.71. The standard InChI is InChI=1S/C29H29NO5/c1-21-14-17-24(18-15-21)30-26(23-12-8-5-9-13-23)29(27(31)33-2,28(32)34-3)20-25(35-30)19-16-22-10-6-4-7-11-22/h4-19,25-26H,20H2,1-3H3/b19-16+/t25-,26+/m0/s1. The van der Waals surface area contributed by atoms with E-state index in [0.29, 0.717) is 5.69 Å². The third-order valence-electron chi connectivity index (χ3n) is 6.28. The Morgan fingerprint density at radius 1 is 0.886 bits per heavy atom. The van der Waals surface area contributed by atoms with E-state index in [9.17, 15) is 9.59 Å². The molecule has 0 N–H and O–H groups in total. The van der Waals surface area contributed by atoms with Crippen molar-refractivity contribution >= 4 is 23.7 Å². The Balaban J connectivity index is 1.89. The van der Waals surface area contributed by atoms with Crippen LogP contribution in [-0.2, 0) is 23.9 Å². The molecule has 0 amide bonds. The number of hydrogen-bond acceptors (Lipinski definition) is 6. The monoisotopic (exact) mass is 471 g/mol. The van der Waals surface area contributed by atoms with Crippen LogP contribution in [0.1, 0.15) is 29.2 Å². The van der Waals surface area contributed by atoms with Crippen LogP contribution in [0.15, 0.2) is 91.0 Å². The van der Waals surface area contributed by atoms with E-state index in [2.05, 4.69) is 0 Å². The number of hydrogen-bond donors (Lipinski definition) is 0. The molecule has 4 rings (SSSR count). The molecule has 1 fully saturated rings. The molecule has 0 spiro atoms. The molecule has 3 aromatic carbocycles. The van der Waals surface area contributed by atoms with Gasteiger partial charge in [0.05, 0.1) is 19.9 Å². The summed E-state index contributed by atoms with van der Waals surface area (Å²) < 4.78 is 10.5. The van der Waals surface area contributed by atoms with Crippen molar-refractivity contribution in [2.45, 2.75) is 25.5 Å². The van der Waals surface area contributed by atoms with E-state index in [1.54, 1.807) is 5.06 Å². The highest BCUT2D eigenvalue weighted by Crippen LogP contribution is 2.50. The van der Waals surface area contributed by atoms with Crippen molar-refractivity contribution in [3.05, 3.63) is 108 Å². The van der Waals surface area contributed by atoms with Gasteiger partial charge in [0, 0.05) is 6.42 Å². The number of aryl methyl sites for hydroxylation is 1. The van der Waals surface area contributed by atoms with Gasteiger partial charge in [-0.3, -0.25) is 14.4 Å². The molecular weight excluding hydrogens is 442 g/mol. The van der Waals surface area contributed by atoms with Crippen LogP contribution in [0.25, 0.3) is 6.08 Å². The summed E-state index contributed by atoms with van der Waals surface area (Å²) in [5.41, 5.74) is 1.83. The first-order chi connectivity index (χ1) is 17.0. The Kier molecular flexibility index (Phi) is 7.32. The van der Waals surface area contributed by atoms with Crippen LogP contribution in [0.4, 0.5) is 5.69 Å². The zero-order valence-electron chi connectivity index (χ0n) is 20.1. The van der Waals surface area contributed by atoms with Gasteiger partial charge in [0.25, 0.3) is 0 Å². The lowest BCUT2D eigenvalue weighted by Gasteiger charge is -2.48. The highest BCUT2D eigenvalue weighted by Gasteiger charge is 2.61. The maximum absolute atomic E-state index is 13.5. The molecule has 0 aromatic heterocycles. The first-order valence-corrected chi connectivity index (χ1v) is 11.5. The van der Waals surface area contributed by atoms with Crippen molar-refractivity contribution in [3.8, 4) is 0 Å². The van der Waals surface area contributed by atoms with Gasteiger partial charge in [0.1, 0.15) is 12.1 Å². The SMILES string of the molecule is COC(=O)C1(C(=O)OC)C[C@H](/C=C/c2ccccc2)ON(c2ccc(C)cc2)[C@@H]1c1ccccc1. The number of benzene rings is 3. The number of rotatable bonds is 6. The first-order valence-electron chi connectivity index (χ1n) is 11.5. The topological polar surface area (TPSA) is 65.1 Å². The van der Waals surface area contributed by atoms with Gasteiger partial charge < -0.3 is 9.47 Å². The normalized spacial score (nSPS) is 19.3. The van der Waals surface area contributed by atoms with Gasteiger partial charge in [-0.15, -0.1) is 0 Å². The van der Waals surface area contributed by atoms with Gasteiger partial charge in [-0.1, -0.05) is 90.5 Å². The second-order valence-corrected chi connectivity index (χ2v) is 8.55. The van der Waals surface area contributed by atoms with Crippen LogP contribution in [0.5, 0.6) is 0 Å². The van der Waals surface area contributed by atoms with Crippen molar-refractivity contribution in [2.75, 3.05) is 19.3 Å². The molecule has 0 aliphatic carbocycles. The molecular formula is C29H29NO5. The molecule has 1 heterocycles. The molecule has 0 unspecified atom stereocenters. The van der Waals surface area contributed by atoms with Crippen LogP contribution in [0, 0.1) is 12.3 Å². The molecule has 2 atom stereocenters. The lowest BCUT2D eigenvalue weighted by molar-refractivity contribution is -0.183. The van der Waals surface area contributed by atoms with E-state index >= 15 is 0 Å².